The maximum Gasteiger partial charge on any atom is 0.282 e. The van der Waals surface area contributed by atoms with Gasteiger partial charge in [0.1, 0.15) is 0 Å². The third-order valence-electron chi connectivity index (χ3n) is 4.74. The van der Waals surface area contributed by atoms with Crippen LogP contribution in [0.2, 0.25) is 0 Å². The van der Waals surface area contributed by atoms with Crippen molar-refractivity contribution in [3.63, 3.8) is 0 Å². The molecule has 3 heterocycles. The van der Waals surface area contributed by atoms with E-state index >= 15 is 0 Å². The fourth-order valence-corrected chi connectivity index (χ4v) is 5.95. The lowest BCUT2D eigenvalue weighted by atomic mass is 10.3. The Morgan fingerprint density at radius 3 is 2.30 bits per heavy atom. The van der Waals surface area contributed by atoms with Crippen molar-refractivity contribution >= 4 is 33.5 Å². The van der Waals surface area contributed by atoms with Crippen molar-refractivity contribution in [2.75, 3.05) is 39.3 Å². The molecule has 2 fully saturated rings. The first-order valence-electron chi connectivity index (χ1n) is 9.20. The molecule has 2 unspecified atom stereocenters. The molecule has 1 aromatic heterocycles. The zero-order chi connectivity index (χ0) is 19.6. The van der Waals surface area contributed by atoms with Crippen LogP contribution >= 0.6 is 11.3 Å². The third kappa shape index (κ3) is 4.97. The van der Waals surface area contributed by atoms with E-state index in [4.69, 9.17) is 4.74 Å². The van der Waals surface area contributed by atoms with Gasteiger partial charge in [-0.3, -0.25) is 4.79 Å². The fourth-order valence-electron chi connectivity index (χ4n) is 3.42. The van der Waals surface area contributed by atoms with Crippen LogP contribution in [0.25, 0.3) is 6.08 Å². The Bertz CT molecular complexity index is 787. The minimum atomic E-state index is -3.52. The summed E-state index contributed by atoms with van der Waals surface area (Å²) < 4.78 is 34.4. The van der Waals surface area contributed by atoms with Gasteiger partial charge in [-0.1, -0.05) is 0 Å². The van der Waals surface area contributed by atoms with Crippen LogP contribution in [0.1, 0.15) is 23.6 Å². The average Bonchev–Trinajstić information content (AvgIpc) is 3.04. The van der Waals surface area contributed by atoms with E-state index in [9.17, 15) is 13.2 Å². The van der Waals surface area contributed by atoms with Crippen LogP contribution in [0.4, 0.5) is 0 Å². The molecule has 27 heavy (non-hydrogen) atoms. The molecule has 3 rings (SSSR count). The van der Waals surface area contributed by atoms with Gasteiger partial charge in [0.25, 0.3) is 10.2 Å². The van der Waals surface area contributed by atoms with Crippen molar-refractivity contribution in [2.24, 2.45) is 0 Å². The molecule has 9 heteroatoms. The smallest absolute Gasteiger partial charge is 0.282 e. The van der Waals surface area contributed by atoms with Crippen LogP contribution in [0.5, 0.6) is 0 Å². The summed E-state index contributed by atoms with van der Waals surface area (Å²) in [6.07, 6.45) is 3.16. The lowest BCUT2D eigenvalue weighted by Crippen LogP contribution is -2.57. The van der Waals surface area contributed by atoms with Crippen molar-refractivity contribution in [1.82, 2.24) is 13.5 Å². The zero-order valence-electron chi connectivity index (χ0n) is 16.0. The highest BCUT2D eigenvalue weighted by atomic mass is 32.2. The first-order valence-corrected chi connectivity index (χ1v) is 11.4. The largest absolute Gasteiger partial charge is 0.373 e. The SMILES string of the molecule is Cc1ccc(/C=C/C(=O)N2CCN(S(=O)(=O)N3CC(C)OC(C)C3)CC2)s1. The number of thiophene rings is 1. The van der Waals surface area contributed by atoms with Gasteiger partial charge < -0.3 is 9.64 Å². The highest BCUT2D eigenvalue weighted by Gasteiger charge is 2.37. The topological polar surface area (TPSA) is 70.2 Å². The molecule has 0 aliphatic carbocycles. The second-order valence-electron chi connectivity index (χ2n) is 7.09. The minimum Gasteiger partial charge on any atom is -0.373 e. The maximum absolute atomic E-state index is 12.9. The average molecular weight is 414 g/mol. The molecule has 1 amide bonds. The highest BCUT2D eigenvalue weighted by molar-refractivity contribution is 7.86. The summed E-state index contributed by atoms with van der Waals surface area (Å²) in [5, 5.41) is 0. The van der Waals surface area contributed by atoms with E-state index in [0.717, 1.165) is 4.88 Å². The Morgan fingerprint density at radius 2 is 1.74 bits per heavy atom. The van der Waals surface area contributed by atoms with Crippen LogP contribution < -0.4 is 0 Å². The van der Waals surface area contributed by atoms with Gasteiger partial charge in [0.2, 0.25) is 5.91 Å². The number of amides is 1. The molecule has 0 radical (unpaired) electrons. The fraction of sp³-hybridized carbons (Fsp3) is 0.611. The number of rotatable bonds is 4. The predicted molar refractivity (Wildman–Crippen MR) is 107 cm³/mol. The summed E-state index contributed by atoms with van der Waals surface area (Å²) in [7, 11) is -3.52. The van der Waals surface area contributed by atoms with Gasteiger partial charge in [-0.2, -0.15) is 17.0 Å². The molecule has 2 aliphatic rings. The van der Waals surface area contributed by atoms with Gasteiger partial charge in [0.05, 0.1) is 12.2 Å². The highest BCUT2D eigenvalue weighted by Crippen LogP contribution is 2.20. The molecule has 7 nitrogen and oxygen atoms in total. The van der Waals surface area contributed by atoms with Crippen LogP contribution in [-0.4, -0.2) is 79.3 Å². The number of nitrogens with zero attached hydrogens (tertiary/aromatic N) is 3. The predicted octanol–water partition coefficient (Wildman–Crippen LogP) is 1.57. The molecule has 0 aromatic carbocycles. The molecule has 0 N–H and O–H groups in total. The molecule has 0 spiro atoms. The standard InChI is InChI=1S/C18H27N3O4S2/c1-14-12-21(13-15(2)25-14)27(23,24)20-10-8-19(9-11-20)18(22)7-6-17-5-4-16(3)26-17/h4-7,14-15H,8-13H2,1-3H3/b7-6+. The van der Waals surface area contributed by atoms with E-state index < -0.39 is 10.2 Å². The molecule has 0 bridgehead atoms. The molecule has 0 saturated carbocycles. The number of hydrogen-bond donors (Lipinski definition) is 0. The first-order chi connectivity index (χ1) is 12.8. The molecular formula is C18H27N3O4S2. The van der Waals surface area contributed by atoms with E-state index in [1.54, 1.807) is 22.3 Å². The molecule has 1 aromatic rings. The maximum atomic E-state index is 12.9. The Kier molecular flexibility index (Phi) is 6.37. The third-order valence-corrected chi connectivity index (χ3v) is 7.67. The lowest BCUT2D eigenvalue weighted by Gasteiger charge is -2.40. The number of carbonyl (C=O) groups is 1. The van der Waals surface area contributed by atoms with Crippen LogP contribution in [0.3, 0.4) is 0 Å². The summed E-state index contributed by atoms with van der Waals surface area (Å²) in [5.74, 6) is -0.0771. The van der Waals surface area contributed by atoms with Crippen LogP contribution in [0.15, 0.2) is 18.2 Å². The zero-order valence-corrected chi connectivity index (χ0v) is 17.6. The van der Waals surface area contributed by atoms with Gasteiger partial charge in [-0.15, -0.1) is 11.3 Å². The molecule has 150 valence electrons. The van der Waals surface area contributed by atoms with Crippen LogP contribution in [-0.2, 0) is 19.7 Å². The van der Waals surface area contributed by atoms with Gasteiger partial charge in [-0.25, -0.2) is 0 Å². The van der Waals surface area contributed by atoms with Gasteiger partial charge >= 0.3 is 0 Å². The number of hydrogen-bond acceptors (Lipinski definition) is 5. The number of morpholine rings is 1. The van der Waals surface area contributed by atoms with Crippen molar-refractivity contribution in [3.8, 4) is 0 Å². The second kappa shape index (κ2) is 8.40. The van der Waals surface area contributed by atoms with Crippen molar-refractivity contribution < 1.29 is 17.9 Å². The van der Waals surface area contributed by atoms with Crippen molar-refractivity contribution in [3.05, 3.63) is 28.0 Å². The number of piperazine rings is 1. The first kappa shape index (κ1) is 20.5. The normalized spacial score (nSPS) is 26.0. The summed E-state index contributed by atoms with van der Waals surface area (Å²) >= 11 is 1.64. The van der Waals surface area contributed by atoms with Crippen LogP contribution in [0, 0.1) is 6.92 Å². The number of carbonyl (C=O) groups excluding carboxylic acids is 1. The number of aryl methyl sites for hydroxylation is 1. The Morgan fingerprint density at radius 1 is 1.11 bits per heavy atom. The number of ether oxygens (including phenoxy) is 1. The van der Waals surface area contributed by atoms with E-state index in [-0.39, 0.29) is 18.1 Å². The summed E-state index contributed by atoms with van der Waals surface area (Å²) in [6.45, 7) is 7.98. The molecule has 2 atom stereocenters. The molecular weight excluding hydrogens is 386 g/mol. The van der Waals surface area contributed by atoms with E-state index in [2.05, 4.69) is 0 Å². The Hall–Kier alpha value is -1.26. The van der Waals surface area contributed by atoms with E-state index in [1.807, 2.05) is 39.0 Å². The summed E-state index contributed by atoms with van der Waals surface area (Å²) in [5.41, 5.74) is 0. The lowest BCUT2D eigenvalue weighted by molar-refractivity contribution is -0.127. The van der Waals surface area contributed by atoms with Gasteiger partial charge in [0.15, 0.2) is 0 Å². The summed E-state index contributed by atoms with van der Waals surface area (Å²) in [4.78, 5) is 16.3. The van der Waals surface area contributed by atoms with Gasteiger partial charge in [-0.05, 0) is 39.0 Å². The van der Waals surface area contributed by atoms with Gasteiger partial charge in [0, 0.05) is 55.1 Å². The minimum absolute atomic E-state index is 0.0771. The van der Waals surface area contributed by atoms with Crippen molar-refractivity contribution in [1.29, 1.82) is 0 Å². The quantitative estimate of drug-likeness (QED) is 0.703. The Labute approximate surface area is 165 Å². The van der Waals surface area contributed by atoms with E-state index in [0.29, 0.717) is 39.3 Å². The Balaban J connectivity index is 1.56. The molecule has 2 aliphatic heterocycles. The van der Waals surface area contributed by atoms with Crippen molar-refractivity contribution in [2.45, 2.75) is 33.0 Å². The second-order valence-corrected chi connectivity index (χ2v) is 10.3. The molecule has 2 saturated heterocycles. The monoisotopic (exact) mass is 413 g/mol. The van der Waals surface area contributed by atoms with E-state index in [1.165, 1.54) is 13.5 Å². The summed E-state index contributed by atoms with van der Waals surface area (Å²) in [6, 6.07) is 4.00.